The number of carbonyl (C=O) groups excluding carboxylic acids is 1. The molecule has 1 aromatic heterocycles. The Morgan fingerprint density at radius 2 is 1.81 bits per heavy atom. The summed E-state index contributed by atoms with van der Waals surface area (Å²) in [4.78, 5) is 16.1. The Labute approximate surface area is 124 Å². The number of hydrogen-bond donors (Lipinski definition) is 3. The maximum atomic E-state index is 11.9. The van der Waals surface area contributed by atoms with Crippen LogP contribution in [0, 0.1) is 20.8 Å². The lowest BCUT2D eigenvalue weighted by atomic mass is 10.1. The molecule has 2 amide bonds. The molecule has 110 valence electrons. The fraction of sp³-hybridized carbons (Fsp3) is 0.250. The zero-order valence-corrected chi connectivity index (χ0v) is 12.4. The monoisotopic (exact) mass is 285 g/mol. The highest BCUT2D eigenvalue weighted by Gasteiger charge is 2.12. The molecule has 3 N–H and O–H groups in total. The van der Waals surface area contributed by atoms with E-state index in [-0.39, 0.29) is 11.8 Å². The first-order valence-electron chi connectivity index (χ1n) is 6.74. The van der Waals surface area contributed by atoms with Gasteiger partial charge in [-0.3, -0.25) is 5.32 Å². The second-order valence-electron chi connectivity index (χ2n) is 4.94. The number of anilines is 1. The minimum atomic E-state index is -0.320. The average molecular weight is 285 g/mol. The lowest BCUT2D eigenvalue weighted by molar-refractivity contribution is 0.251. The van der Waals surface area contributed by atoms with E-state index in [0.29, 0.717) is 18.1 Å². The van der Waals surface area contributed by atoms with Crippen LogP contribution < -0.4 is 10.6 Å². The summed E-state index contributed by atoms with van der Waals surface area (Å²) in [6.07, 6.45) is 0. The van der Waals surface area contributed by atoms with Gasteiger partial charge in [-0.2, -0.15) is 0 Å². The number of pyridine rings is 1. The van der Waals surface area contributed by atoms with Crippen LogP contribution in [0.4, 0.5) is 10.6 Å². The number of aromatic hydroxyl groups is 1. The van der Waals surface area contributed by atoms with E-state index in [1.54, 1.807) is 13.8 Å². The van der Waals surface area contributed by atoms with Crippen LogP contribution in [0.3, 0.4) is 0 Å². The Balaban J connectivity index is 2.03. The van der Waals surface area contributed by atoms with Gasteiger partial charge in [0.1, 0.15) is 11.6 Å². The number of aryl methyl sites for hydroxylation is 1. The van der Waals surface area contributed by atoms with Crippen molar-refractivity contribution in [1.82, 2.24) is 10.3 Å². The second-order valence-corrected chi connectivity index (χ2v) is 4.94. The molecule has 0 aliphatic heterocycles. The van der Waals surface area contributed by atoms with Crippen LogP contribution in [-0.4, -0.2) is 16.1 Å². The number of carbonyl (C=O) groups is 1. The van der Waals surface area contributed by atoms with Crippen LogP contribution in [0.15, 0.2) is 30.3 Å². The molecule has 0 spiro atoms. The van der Waals surface area contributed by atoms with Crippen LogP contribution in [0.5, 0.6) is 5.75 Å². The SMILES string of the molecule is Cc1nc(NC(=O)NCc2ccccc2)c(C)c(C)c1O. The number of urea groups is 1. The second kappa shape index (κ2) is 6.26. The average Bonchev–Trinajstić information content (AvgIpc) is 2.49. The fourth-order valence-electron chi connectivity index (χ4n) is 1.98. The van der Waals surface area contributed by atoms with Crippen molar-refractivity contribution in [1.29, 1.82) is 0 Å². The van der Waals surface area contributed by atoms with Crippen molar-refractivity contribution in [3.63, 3.8) is 0 Å². The van der Waals surface area contributed by atoms with Crippen molar-refractivity contribution in [2.75, 3.05) is 5.32 Å². The van der Waals surface area contributed by atoms with Crippen LogP contribution in [-0.2, 0) is 6.54 Å². The van der Waals surface area contributed by atoms with E-state index in [9.17, 15) is 9.90 Å². The predicted molar refractivity (Wildman–Crippen MR) is 82.4 cm³/mol. The molecule has 0 fully saturated rings. The Kier molecular flexibility index (Phi) is 4.42. The van der Waals surface area contributed by atoms with Crippen LogP contribution >= 0.6 is 0 Å². The maximum absolute atomic E-state index is 11.9. The van der Waals surface area contributed by atoms with E-state index < -0.39 is 0 Å². The summed E-state index contributed by atoms with van der Waals surface area (Å²) in [6, 6.07) is 9.34. The topological polar surface area (TPSA) is 74.2 Å². The Morgan fingerprint density at radius 3 is 2.48 bits per heavy atom. The van der Waals surface area contributed by atoms with Gasteiger partial charge in [0.2, 0.25) is 0 Å². The summed E-state index contributed by atoms with van der Waals surface area (Å²) in [5.74, 6) is 0.635. The Morgan fingerprint density at radius 1 is 1.14 bits per heavy atom. The summed E-state index contributed by atoms with van der Waals surface area (Å²) in [7, 11) is 0. The van der Waals surface area contributed by atoms with Gasteiger partial charge in [-0.25, -0.2) is 9.78 Å². The highest BCUT2D eigenvalue weighted by Crippen LogP contribution is 2.27. The third kappa shape index (κ3) is 3.51. The molecule has 2 aromatic rings. The third-order valence-electron chi connectivity index (χ3n) is 3.42. The summed E-state index contributed by atoms with van der Waals surface area (Å²) in [5.41, 5.74) is 3.00. The molecule has 0 atom stereocenters. The number of amides is 2. The molecular formula is C16H19N3O2. The summed E-state index contributed by atoms with van der Waals surface area (Å²) < 4.78 is 0. The molecule has 21 heavy (non-hydrogen) atoms. The Bertz CT molecular complexity index is 654. The van der Waals surface area contributed by atoms with Crippen molar-refractivity contribution in [2.24, 2.45) is 0 Å². The number of benzene rings is 1. The lowest BCUT2D eigenvalue weighted by Crippen LogP contribution is -2.29. The molecule has 5 nitrogen and oxygen atoms in total. The first kappa shape index (κ1) is 14.8. The zero-order chi connectivity index (χ0) is 15.4. The van der Waals surface area contributed by atoms with Gasteiger partial charge >= 0.3 is 6.03 Å². The first-order chi connectivity index (χ1) is 9.99. The van der Waals surface area contributed by atoms with Crippen molar-refractivity contribution in [3.05, 3.63) is 52.7 Å². The van der Waals surface area contributed by atoms with Gasteiger partial charge in [0, 0.05) is 6.54 Å². The van der Waals surface area contributed by atoms with Crippen LogP contribution in [0.2, 0.25) is 0 Å². The lowest BCUT2D eigenvalue weighted by Gasteiger charge is -2.13. The summed E-state index contributed by atoms with van der Waals surface area (Å²) in [6.45, 7) is 5.76. The molecule has 0 aliphatic rings. The molecule has 5 heteroatoms. The van der Waals surface area contributed by atoms with Gasteiger partial charge in [-0.05, 0) is 37.5 Å². The maximum Gasteiger partial charge on any atom is 0.320 e. The van der Waals surface area contributed by atoms with E-state index in [2.05, 4.69) is 15.6 Å². The highest BCUT2D eigenvalue weighted by molar-refractivity contribution is 5.89. The van der Waals surface area contributed by atoms with Crippen molar-refractivity contribution in [3.8, 4) is 5.75 Å². The largest absolute Gasteiger partial charge is 0.506 e. The fourth-order valence-corrected chi connectivity index (χ4v) is 1.98. The number of aromatic nitrogens is 1. The highest BCUT2D eigenvalue weighted by atomic mass is 16.3. The minimum absolute atomic E-state index is 0.169. The van der Waals surface area contributed by atoms with Crippen molar-refractivity contribution in [2.45, 2.75) is 27.3 Å². The van der Waals surface area contributed by atoms with Gasteiger partial charge in [-0.15, -0.1) is 0 Å². The number of nitrogens with one attached hydrogen (secondary N) is 2. The molecule has 2 rings (SSSR count). The zero-order valence-electron chi connectivity index (χ0n) is 12.4. The molecule has 0 bridgehead atoms. The molecular weight excluding hydrogens is 266 g/mol. The third-order valence-corrected chi connectivity index (χ3v) is 3.42. The van der Waals surface area contributed by atoms with Gasteiger partial charge in [0.05, 0.1) is 5.69 Å². The smallest absolute Gasteiger partial charge is 0.320 e. The predicted octanol–water partition coefficient (Wildman–Crippen LogP) is 3.03. The van der Waals surface area contributed by atoms with Gasteiger partial charge in [-0.1, -0.05) is 30.3 Å². The van der Waals surface area contributed by atoms with E-state index in [0.717, 1.165) is 16.7 Å². The Hall–Kier alpha value is -2.56. The standard InChI is InChI=1S/C16H19N3O2/c1-10-11(2)15(18-12(3)14(10)20)19-16(21)17-9-13-7-5-4-6-8-13/h4-8,20H,9H2,1-3H3,(H2,17,18,19,21). The van der Waals surface area contributed by atoms with E-state index in [4.69, 9.17) is 0 Å². The number of rotatable bonds is 3. The normalized spacial score (nSPS) is 10.2. The first-order valence-corrected chi connectivity index (χ1v) is 6.74. The van der Waals surface area contributed by atoms with E-state index >= 15 is 0 Å². The minimum Gasteiger partial charge on any atom is -0.506 e. The molecule has 0 radical (unpaired) electrons. The van der Waals surface area contributed by atoms with Crippen molar-refractivity contribution >= 4 is 11.8 Å². The molecule has 1 heterocycles. The molecule has 0 aliphatic carbocycles. The number of nitrogens with zero attached hydrogens (tertiary/aromatic N) is 1. The van der Waals surface area contributed by atoms with Crippen LogP contribution in [0.1, 0.15) is 22.4 Å². The summed E-state index contributed by atoms with van der Waals surface area (Å²) in [5, 5.41) is 15.3. The quantitative estimate of drug-likeness (QED) is 0.811. The van der Waals surface area contributed by atoms with Gasteiger partial charge in [0.15, 0.2) is 0 Å². The van der Waals surface area contributed by atoms with Gasteiger partial charge in [0.25, 0.3) is 0 Å². The molecule has 0 saturated carbocycles. The van der Waals surface area contributed by atoms with Gasteiger partial charge < -0.3 is 10.4 Å². The molecule has 1 aromatic carbocycles. The van der Waals surface area contributed by atoms with Crippen LogP contribution in [0.25, 0.3) is 0 Å². The summed E-state index contributed by atoms with van der Waals surface area (Å²) >= 11 is 0. The molecule has 0 saturated heterocycles. The van der Waals surface area contributed by atoms with E-state index in [1.807, 2.05) is 37.3 Å². The molecule has 0 unspecified atom stereocenters. The number of hydrogen-bond acceptors (Lipinski definition) is 3. The van der Waals surface area contributed by atoms with E-state index in [1.165, 1.54) is 0 Å². The van der Waals surface area contributed by atoms with Crippen molar-refractivity contribution < 1.29 is 9.90 Å².